The molecule has 0 amide bonds. The molecule has 6 heteroatoms. The summed E-state index contributed by atoms with van der Waals surface area (Å²) in [7, 11) is -4.56. The maximum absolute atomic E-state index is 11.8. The lowest BCUT2D eigenvalue weighted by atomic mass is 9.89. The van der Waals surface area contributed by atoms with E-state index in [1.807, 2.05) is 0 Å². The van der Waals surface area contributed by atoms with Gasteiger partial charge in [-0.15, -0.1) is 0 Å². The van der Waals surface area contributed by atoms with Crippen LogP contribution in [-0.4, -0.2) is 40.1 Å². The van der Waals surface area contributed by atoms with Crippen LogP contribution in [-0.2, 0) is 10.1 Å². The van der Waals surface area contributed by atoms with Crippen LogP contribution in [0.4, 0.5) is 0 Å². The Morgan fingerprint density at radius 2 is 1.08 bits per heavy atom. The maximum atomic E-state index is 11.8. The molecular formula is C18H38O5S. The molecule has 5 nitrogen and oxygen atoms in total. The Labute approximate surface area is 148 Å². The normalized spacial score (nSPS) is 17.4. The van der Waals surface area contributed by atoms with E-state index >= 15 is 0 Å². The molecule has 0 saturated carbocycles. The molecule has 0 aromatic rings. The second-order valence-corrected chi connectivity index (χ2v) is 8.93. The molecule has 146 valence electrons. The Balaban J connectivity index is 4.64. The summed E-state index contributed by atoms with van der Waals surface area (Å²) >= 11 is 0. The first-order chi connectivity index (χ1) is 11.2. The average Bonchev–Trinajstić information content (AvgIpc) is 2.52. The lowest BCUT2D eigenvalue weighted by Crippen LogP contribution is -2.55. The Morgan fingerprint density at radius 3 is 1.38 bits per heavy atom. The van der Waals surface area contributed by atoms with Crippen molar-refractivity contribution in [3.8, 4) is 0 Å². The first-order valence-corrected chi connectivity index (χ1v) is 11.0. The zero-order valence-corrected chi connectivity index (χ0v) is 16.5. The van der Waals surface area contributed by atoms with Gasteiger partial charge in [-0.1, -0.05) is 78.1 Å². The lowest BCUT2D eigenvalue weighted by molar-refractivity contribution is 0.0239. The van der Waals surface area contributed by atoms with Crippen molar-refractivity contribution >= 4 is 10.1 Å². The smallest absolute Gasteiger partial charge is 0.275 e. The molecule has 2 atom stereocenters. The van der Waals surface area contributed by atoms with Gasteiger partial charge in [-0.25, -0.2) is 0 Å². The fourth-order valence-electron chi connectivity index (χ4n) is 3.02. The van der Waals surface area contributed by atoms with Crippen LogP contribution in [0.15, 0.2) is 0 Å². The van der Waals surface area contributed by atoms with Gasteiger partial charge in [0.15, 0.2) is 0 Å². The molecule has 0 aromatic carbocycles. The molecule has 3 N–H and O–H groups in total. The molecule has 0 saturated heterocycles. The summed E-state index contributed by atoms with van der Waals surface area (Å²) in [4.78, 5) is 0. The monoisotopic (exact) mass is 366 g/mol. The molecular weight excluding hydrogens is 328 g/mol. The minimum atomic E-state index is -4.56. The van der Waals surface area contributed by atoms with E-state index in [1.165, 1.54) is 6.92 Å². The Morgan fingerprint density at radius 1 is 0.750 bits per heavy atom. The van der Waals surface area contributed by atoms with Gasteiger partial charge in [-0.2, -0.15) is 8.42 Å². The highest BCUT2D eigenvalue weighted by Gasteiger charge is 2.50. The second kappa shape index (κ2) is 12.2. The minimum Gasteiger partial charge on any atom is -0.391 e. The van der Waals surface area contributed by atoms with Gasteiger partial charge in [0.25, 0.3) is 10.1 Å². The van der Waals surface area contributed by atoms with E-state index in [-0.39, 0.29) is 12.8 Å². The number of rotatable bonds is 15. The molecule has 0 aliphatic heterocycles. The summed E-state index contributed by atoms with van der Waals surface area (Å²) in [6.07, 6.45) is 7.78. The fourth-order valence-corrected chi connectivity index (χ4v) is 3.94. The number of hydrogen-bond acceptors (Lipinski definition) is 4. The highest BCUT2D eigenvalue weighted by molar-refractivity contribution is 7.87. The summed E-state index contributed by atoms with van der Waals surface area (Å²) in [6.45, 7) is 5.48. The molecule has 0 spiro atoms. The largest absolute Gasteiger partial charge is 0.391 e. The Hall–Kier alpha value is -0.170. The third-order valence-electron chi connectivity index (χ3n) is 5.04. The predicted molar refractivity (Wildman–Crippen MR) is 98.7 cm³/mol. The molecule has 24 heavy (non-hydrogen) atoms. The number of aliphatic hydroxyl groups excluding tert-OH is 2. The molecule has 2 unspecified atom stereocenters. The first-order valence-electron chi connectivity index (χ1n) is 9.54. The molecule has 0 aliphatic rings. The Bertz CT molecular complexity index is 388. The van der Waals surface area contributed by atoms with Gasteiger partial charge in [0.1, 0.15) is 4.75 Å². The van der Waals surface area contributed by atoms with Crippen molar-refractivity contribution in [3.05, 3.63) is 0 Å². The highest BCUT2D eigenvalue weighted by atomic mass is 32.2. The van der Waals surface area contributed by atoms with Gasteiger partial charge in [0, 0.05) is 0 Å². The van der Waals surface area contributed by atoms with Gasteiger partial charge < -0.3 is 10.2 Å². The summed E-state index contributed by atoms with van der Waals surface area (Å²) in [6, 6.07) is 0. The van der Waals surface area contributed by atoms with Crippen molar-refractivity contribution in [2.24, 2.45) is 0 Å². The van der Waals surface area contributed by atoms with Crippen molar-refractivity contribution in [1.82, 2.24) is 0 Å². The molecule has 0 aliphatic carbocycles. The fraction of sp³-hybridized carbons (Fsp3) is 1.00. The Kier molecular flexibility index (Phi) is 12.1. The molecule has 0 aromatic heterocycles. The van der Waals surface area contributed by atoms with Crippen LogP contribution in [0.5, 0.6) is 0 Å². The van der Waals surface area contributed by atoms with E-state index in [4.69, 9.17) is 0 Å². The van der Waals surface area contributed by atoms with Crippen LogP contribution in [0.3, 0.4) is 0 Å². The maximum Gasteiger partial charge on any atom is 0.275 e. The second-order valence-electron chi connectivity index (χ2n) is 7.10. The number of aliphatic hydroxyl groups is 2. The summed E-state index contributed by atoms with van der Waals surface area (Å²) in [5.74, 6) is 0. The van der Waals surface area contributed by atoms with Crippen molar-refractivity contribution < 1.29 is 23.2 Å². The minimum absolute atomic E-state index is 0.271. The summed E-state index contributed by atoms with van der Waals surface area (Å²) in [5.41, 5.74) is 0. The number of unbranched alkanes of at least 4 members (excludes halogenated alkanes) is 8. The van der Waals surface area contributed by atoms with Gasteiger partial charge >= 0.3 is 0 Å². The van der Waals surface area contributed by atoms with Gasteiger partial charge in [0.05, 0.1) is 12.2 Å². The van der Waals surface area contributed by atoms with Crippen LogP contribution in [0, 0.1) is 0 Å². The van der Waals surface area contributed by atoms with Crippen molar-refractivity contribution in [1.29, 1.82) is 0 Å². The van der Waals surface area contributed by atoms with E-state index in [9.17, 15) is 23.2 Å². The summed E-state index contributed by atoms with van der Waals surface area (Å²) < 4.78 is 31.4. The SMILES string of the molecule is CCCCCCCC(O)C(C)(C(O)CCCCCCC)S(=O)(=O)O. The zero-order chi connectivity index (χ0) is 18.6. The quantitative estimate of drug-likeness (QED) is 0.300. The standard InChI is InChI=1S/C18H38O5S/c1-4-6-8-10-12-14-16(19)18(3,24(21,22)23)17(20)15-13-11-9-7-5-2/h16-17,19-20H,4-15H2,1-3H3,(H,21,22,23). The molecule has 0 rings (SSSR count). The molecule has 0 radical (unpaired) electrons. The van der Waals surface area contributed by atoms with Crippen molar-refractivity contribution in [2.45, 2.75) is 115 Å². The van der Waals surface area contributed by atoms with Crippen LogP contribution in [0.1, 0.15) is 97.8 Å². The topological polar surface area (TPSA) is 94.8 Å². The van der Waals surface area contributed by atoms with E-state index in [2.05, 4.69) is 13.8 Å². The van der Waals surface area contributed by atoms with E-state index in [0.29, 0.717) is 12.8 Å². The van der Waals surface area contributed by atoms with Crippen LogP contribution < -0.4 is 0 Å². The lowest BCUT2D eigenvalue weighted by Gasteiger charge is -2.35. The van der Waals surface area contributed by atoms with Crippen LogP contribution in [0.2, 0.25) is 0 Å². The van der Waals surface area contributed by atoms with Crippen molar-refractivity contribution in [2.75, 3.05) is 0 Å². The van der Waals surface area contributed by atoms with Crippen LogP contribution in [0.25, 0.3) is 0 Å². The van der Waals surface area contributed by atoms with Crippen molar-refractivity contribution in [3.63, 3.8) is 0 Å². The van der Waals surface area contributed by atoms with Gasteiger partial charge in [0.2, 0.25) is 0 Å². The van der Waals surface area contributed by atoms with Gasteiger partial charge in [-0.3, -0.25) is 4.55 Å². The third kappa shape index (κ3) is 7.81. The molecule has 0 heterocycles. The van der Waals surface area contributed by atoms with E-state index in [0.717, 1.165) is 51.4 Å². The summed E-state index contributed by atoms with van der Waals surface area (Å²) in [5, 5.41) is 20.7. The van der Waals surface area contributed by atoms with E-state index < -0.39 is 27.1 Å². The highest BCUT2D eigenvalue weighted by Crippen LogP contribution is 2.31. The molecule has 0 fully saturated rings. The number of hydrogen-bond donors (Lipinski definition) is 3. The first kappa shape index (κ1) is 23.8. The van der Waals surface area contributed by atoms with E-state index in [1.54, 1.807) is 0 Å². The zero-order valence-electron chi connectivity index (χ0n) is 15.7. The predicted octanol–water partition coefficient (Wildman–Crippen LogP) is 4.08. The third-order valence-corrected chi connectivity index (χ3v) is 6.70. The molecule has 0 bridgehead atoms. The average molecular weight is 367 g/mol. The van der Waals surface area contributed by atoms with Crippen LogP contribution >= 0.6 is 0 Å². The van der Waals surface area contributed by atoms with Gasteiger partial charge in [-0.05, 0) is 19.8 Å².